The minimum atomic E-state index is -1.46. The van der Waals surface area contributed by atoms with Crippen LogP contribution in [0.25, 0.3) is 0 Å². The number of rotatable bonds is 5. The maximum atomic E-state index is 12.2. The van der Waals surface area contributed by atoms with Crippen LogP contribution in [0, 0.1) is 24.2 Å². The van der Waals surface area contributed by atoms with E-state index >= 15 is 0 Å². The number of carbonyl (C=O) groups is 2. The van der Waals surface area contributed by atoms with E-state index in [1.165, 1.54) is 0 Å². The van der Waals surface area contributed by atoms with Crippen molar-refractivity contribution in [1.29, 1.82) is 5.26 Å². The number of anilines is 1. The second kappa shape index (κ2) is 6.68. The third-order valence-corrected chi connectivity index (χ3v) is 3.26. The molecular weight excluding hydrogens is 282 g/mol. The van der Waals surface area contributed by atoms with Crippen molar-refractivity contribution in [2.45, 2.75) is 20.3 Å². The van der Waals surface area contributed by atoms with Gasteiger partial charge in [-0.1, -0.05) is 19.1 Å². The van der Waals surface area contributed by atoms with Crippen molar-refractivity contribution in [1.82, 2.24) is 4.98 Å². The number of aromatic nitrogens is 1. The van der Waals surface area contributed by atoms with Gasteiger partial charge in [-0.05, 0) is 31.0 Å². The molecule has 0 aliphatic rings. The molecule has 0 radical (unpaired) electrons. The summed E-state index contributed by atoms with van der Waals surface area (Å²) in [4.78, 5) is 28.1. The van der Waals surface area contributed by atoms with Crippen molar-refractivity contribution in [3.8, 4) is 6.07 Å². The number of benzene rings is 1. The van der Waals surface area contributed by atoms with Crippen LogP contribution in [0.3, 0.4) is 0 Å². The number of amides is 1. The molecular formula is C16H15N3O3. The monoisotopic (exact) mass is 297 g/mol. The zero-order valence-electron chi connectivity index (χ0n) is 12.3. The summed E-state index contributed by atoms with van der Waals surface area (Å²) in [5.74, 6) is -2.53. The third-order valence-electron chi connectivity index (χ3n) is 3.26. The van der Waals surface area contributed by atoms with E-state index in [1.807, 2.05) is 19.1 Å². The van der Waals surface area contributed by atoms with Gasteiger partial charge in [0.05, 0.1) is 6.07 Å². The Morgan fingerprint density at radius 2 is 2.05 bits per heavy atom. The summed E-state index contributed by atoms with van der Waals surface area (Å²) in [6, 6.07) is 8.93. The Hall–Kier alpha value is -2.94. The van der Waals surface area contributed by atoms with E-state index in [0.717, 1.165) is 18.4 Å². The molecule has 22 heavy (non-hydrogen) atoms. The van der Waals surface area contributed by atoms with Crippen molar-refractivity contribution in [2.75, 3.05) is 5.32 Å². The number of Topliss-reactive ketones (excluding diaryl/α,β-unsaturated/α-hetero) is 1. The highest BCUT2D eigenvalue weighted by molar-refractivity contribution is 6.15. The van der Waals surface area contributed by atoms with Gasteiger partial charge in [-0.15, -0.1) is 0 Å². The fourth-order valence-corrected chi connectivity index (χ4v) is 1.95. The van der Waals surface area contributed by atoms with Crippen LogP contribution in [0.1, 0.15) is 28.7 Å². The van der Waals surface area contributed by atoms with Gasteiger partial charge in [0.15, 0.2) is 12.3 Å². The van der Waals surface area contributed by atoms with E-state index in [0.29, 0.717) is 5.69 Å². The molecule has 2 aromatic rings. The summed E-state index contributed by atoms with van der Waals surface area (Å²) in [7, 11) is 0. The number of aryl methyl sites for hydroxylation is 2. The lowest BCUT2D eigenvalue weighted by Gasteiger charge is -2.09. The lowest BCUT2D eigenvalue weighted by molar-refractivity contribution is -0.117. The predicted octanol–water partition coefficient (Wildman–Crippen LogP) is 2.51. The van der Waals surface area contributed by atoms with Gasteiger partial charge in [0, 0.05) is 5.69 Å². The van der Waals surface area contributed by atoms with Crippen LogP contribution in [-0.4, -0.2) is 16.7 Å². The smallest absolute Gasteiger partial charge is 0.249 e. The van der Waals surface area contributed by atoms with Crippen molar-refractivity contribution < 1.29 is 14.0 Å². The van der Waals surface area contributed by atoms with Crippen LogP contribution in [-0.2, 0) is 11.2 Å². The summed E-state index contributed by atoms with van der Waals surface area (Å²) in [6.45, 7) is 3.58. The summed E-state index contributed by atoms with van der Waals surface area (Å²) in [6.07, 6.45) is 2.00. The number of hydrogen-bond acceptors (Lipinski definition) is 5. The lowest BCUT2D eigenvalue weighted by Crippen LogP contribution is -2.29. The maximum Gasteiger partial charge on any atom is 0.249 e. The first kappa shape index (κ1) is 15.4. The molecule has 1 N–H and O–H groups in total. The molecule has 1 aromatic heterocycles. The summed E-state index contributed by atoms with van der Waals surface area (Å²) >= 11 is 0. The second-order valence-electron chi connectivity index (χ2n) is 4.72. The molecule has 0 aliphatic heterocycles. The standard InChI is InChI=1S/C16H15N3O3/c1-3-11-4-6-12(7-5-11)19-16(21)13(8-17)15(20)14-10(2)22-9-18-14/h4-7,9,13H,3H2,1-2H3,(H,19,21). The average Bonchev–Trinajstić information content (AvgIpc) is 2.94. The van der Waals surface area contributed by atoms with Gasteiger partial charge < -0.3 is 9.73 Å². The molecule has 0 bridgehead atoms. The third kappa shape index (κ3) is 3.20. The normalized spacial score (nSPS) is 11.5. The van der Waals surface area contributed by atoms with E-state index in [2.05, 4.69) is 10.3 Å². The largest absolute Gasteiger partial charge is 0.448 e. The van der Waals surface area contributed by atoms with Crippen molar-refractivity contribution in [3.05, 3.63) is 47.7 Å². The molecule has 0 saturated heterocycles. The molecule has 1 aromatic carbocycles. The Morgan fingerprint density at radius 1 is 1.36 bits per heavy atom. The molecule has 0 aliphatic carbocycles. The molecule has 6 nitrogen and oxygen atoms in total. The predicted molar refractivity (Wildman–Crippen MR) is 79.1 cm³/mol. The van der Waals surface area contributed by atoms with E-state index < -0.39 is 17.6 Å². The van der Waals surface area contributed by atoms with Crippen LogP contribution in [0.2, 0.25) is 0 Å². The van der Waals surface area contributed by atoms with E-state index in [1.54, 1.807) is 25.1 Å². The summed E-state index contributed by atoms with van der Waals surface area (Å²) in [5.41, 5.74) is 1.67. The number of hydrogen-bond donors (Lipinski definition) is 1. The number of nitrogens with zero attached hydrogens (tertiary/aromatic N) is 2. The van der Waals surface area contributed by atoms with Gasteiger partial charge in [0.25, 0.3) is 0 Å². The molecule has 1 heterocycles. The van der Waals surface area contributed by atoms with E-state index in [4.69, 9.17) is 9.68 Å². The molecule has 112 valence electrons. The zero-order valence-corrected chi connectivity index (χ0v) is 12.3. The highest BCUT2D eigenvalue weighted by atomic mass is 16.3. The van der Waals surface area contributed by atoms with Crippen LogP contribution in [0.5, 0.6) is 0 Å². The van der Waals surface area contributed by atoms with Gasteiger partial charge in [0.2, 0.25) is 11.7 Å². The molecule has 1 amide bonds. The Balaban J connectivity index is 2.13. The number of oxazole rings is 1. The molecule has 0 fully saturated rings. The van der Waals surface area contributed by atoms with Gasteiger partial charge in [-0.3, -0.25) is 9.59 Å². The minimum Gasteiger partial charge on any atom is -0.448 e. The topological polar surface area (TPSA) is 96.0 Å². The Labute approximate surface area is 127 Å². The maximum absolute atomic E-state index is 12.2. The van der Waals surface area contributed by atoms with Gasteiger partial charge in [-0.25, -0.2) is 4.98 Å². The Kier molecular flexibility index (Phi) is 4.69. The molecule has 6 heteroatoms. The Bertz CT molecular complexity index is 726. The van der Waals surface area contributed by atoms with Crippen molar-refractivity contribution >= 4 is 17.4 Å². The fourth-order valence-electron chi connectivity index (χ4n) is 1.95. The first-order valence-corrected chi connectivity index (χ1v) is 6.80. The quantitative estimate of drug-likeness (QED) is 0.675. The van der Waals surface area contributed by atoms with Crippen LogP contribution in [0.15, 0.2) is 35.1 Å². The molecule has 1 unspecified atom stereocenters. The first-order valence-electron chi connectivity index (χ1n) is 6.80. The molecule has 0 spiro atoms. The van der Waals surface area contributed by atoms with Crippen molar-refractivity contribution in [2.24, 2.45) is 5.92 Å². The van der Waals surface area contributed by atoms with Gasteiger partial charge in [0.1, 0.15) is 11.5 Å². The van der Waals surface area contributed by atoms with Crippen LogP contribution in [0.4, 0.5) is 5.69 Å². The minimum absolute atomic E-state index is 0.00281. The van der Waals surface area contributed by atoms with Crippen LogP contribution < -0.4 is 5.32 Å². The van der Waals surface area contributed by atoms with Crippen LogP contribution >= 0.6 is 0 Å². The molecule has 1 atom stereocenters. The number of carbonyl (C=O) groups excluding carboxylic acids is 2. The zero-order chi connectivity index (χ0) is 16.1. The molecule has 2 rings (SSSR count). The molecule has 0 saturated carbocycles. The average molecular weight is 297 g/mol. The second-order valence-corrected chi connectivity index (χ2v) is 4.72. The number of ketones is 1. The number of nitrogens with one attached hydrogen (secondary N) is 1. The summed E-state index contributed by atoms with van der Waals surface area (Å²) < 4.78 is 4.93. The SMILES string of the molecule is CCc1ccc(NC(=O)C(C#N)C(=O)c2ncoc2C)cc1. The fraction of sp³-hybridized carbons (Fsp3) is 0.250. The van der Waals surface area contributed by atoms with E-state index in [9.17, 15) is 9.59 Å². The van der Waals surface area contributed by atoms with Gasteiger partial charge >= 0.3 is 0 Å². The number of nitriles is 1. The summed E-state index contributed by atoms with van der Waals surface area (Å²) in [5, 5.41) is 11.7. The van der Waals surface area contributed by atoms with Crippen molar-refractivity contribution in [3.63, 3.8) is 0 Å². The Morgan fingerprint density at radius 3 is 2.55 bits per heavy atom. The highest BCUT2D eigenvalue weighted by Gasteiger charge is 2.30. The van der Waals surface area contributed by atoms with Gasteiger partial charge in [-0.2, -0.15) is 5.26 Å². The van der Waals surface area contributed by atoms with E-state index in [-0.39, 0.29) is 11.5 Å². The first-order chi connectivity index (χ1) is 10.6. The lowest BCUT2D eigenvalue weighted by atomic mass is 10.0. The highest BCUT2D eigenvalue weighted by Crippen LogP contribution is 2.15.